The molecular weight excluding hydrogens is 246 g/mol. The molecule has 0 aliphatic heterocycles. The zero-order valence-electron chi connectivity index (χ0n) is 11.8. The monoisotopic (exact) mass is 267 g/mol. The molecule has 0 saturated heterocycles. The van der Waals surface area contributed by atoms with Crippen molar-refractivity contribution in [2.24, 2.45) is 11.8 Å². The van der Waals surface area contributed by atoms with Gasteiger partial charge in [-0.05, 0) is 62.5 Å². The summed E-state index contributed by atoms with van der Waals surface area (Å²) in [6, 6.07) is 10.3. The Morgan fingerprint density at radius 2 is 1.95 bits per heavy atom. The van der Waals surface area contributed by atoms with E-state index in [0.29, 0.717) is 0 Å². The average Bonchev–Trinajstić information content (AvgIpc) is 3.31. The molecule has 0 bridgehead atoms. The minimum atomic E-state index is -0.650. The Hall–Kier alpha value is -1.41. The van der Waals surface area contributed by atoms with E-state index in [2.05, 4.69) is 17.1 Å². The van der Waals surface area contributed by atoms with Crippen LogP contribution in [0.25, 0.3) is 10.9 Å². The summed E-state index contributed by atoms with van der Waals surface area (Å²) in [5, 5.41) is 12.2. The lowest BCUT2D eigenvalue weighted by atomic mass is 9.73. The molecule has 0 radical (unpaired) electrons. The molecule has 2 atom stereocenters. The highest BCUT2D eigenvalue weighted by molar-refractivity contribution is 5.78. The van der Waals surface area contributed by atoms with Crippen LogP contribution in [-0.2, 0) is 5.60 Å². The third-order valence-electron chi connectivity index (χ3n) is 5.18. The fourth-order valence-electron chi connectivity index (χ4n) is 3.85. The average molecular weight is 267 g/mol. The number of hydrogen-bond acceptors (Lipinski definition) is 2. The quantitative estimate of drug-likeness (QED) is 0.891. The summed E-state index contributed by atoms with van der Waals surface area (Å²) in [6.07, 6.45) is 8.89. The Balaban J connectivity index is 1.69. The minimum absolute atomic E-state index is 0.650. The Morgan fingerprint density at radius 1 is 1.10 bits per heavy atom. The van der Waals surface area contributed by atoms with Crippen LogP contribution >= 0.6 is 0 Å². The summed E-state index contributed by atoms with van der Waals surface area (Å²) < 4.78 is 0. The van der Waals surface area contributed by atoms with Crippen molar-refractivity contribution in [1.29, 1.82) is 0 Å². The van der Waals surface area contributed by atoms with Crippen molar-refractivity contribution in [3.05, 3.63) is 42.1 Å². The van der Waals surface area contributed by atoms with Crippen molar-refractivity contribution < 1.29 is 5.11 Å². The van der Waals surface area contributed by atoms with Crippen LogP contribution in [0, 0.1) is 11.8 Å². The van der Waals surface area contributed by atoms with Crippen LogP contribution in [0.5, 0.6) is 0 Å². The van der Waals surface area contributed by atoms with Gasteiger partial charge in [0.25, 0.3) is 0 Å². The largest absolute Gasteiger partial charge is 0.385 e. The van der Waals surface area contributed by atoms with E-state index in [1.807, 2.05) is 24.4 Å². The molecule has 0 spiro atoms. The van der Waals surface area contributed by atoms with Gasteiger partial charge >= 0.3 is 0 Å². The lowest BCUT2D eigenvalue weighted by Crippen LogP contribution is -2.33. The number of rotatable bonds is 2. The third kappa shape index (κ3) is 2.12. The fraction of sp³-hybridized carbons (Fsp3) is 0.500. The topological polar surface area (TPSA) is 33.1 Å². The van der Waals surface area contributed by atoms with E-state index in [9.17, 15) is 5.11 Å². The van der Waals surface area contributed by atoms with Crippen molar-refractivity contribution >= 4 is 10.9 Å². The van der Waals surface area contributed by atoms with Crippen molar-refractivity contribution in [2.45, 2.75) is 44.1 Å². The number of pyridine rings is 1. The predicted octanol–water partition coefficient (Wildman–Crippen LogP) is 4.02. The highest BCUT2D eigenvalue weighted by Crippen LogP contribution is 2.49. The maximum absolute atomic E-state index is 11.1. The van der Waals surface area contributed by atoms with Gasteiger partial charge in [0, 0.05) is 17.1 Å². The summed E-state index contributed by atoms with van der Waals surface area (Å²) >= 11 is 0. The number of fused-ring (bicyclic) bond motifs is 1. The van der Waals surface area contributed by atoms with Crippen molar-refractivity contribution in [2.75, 3.05) is 0 Å². The molecule has 2 fully saturated rings. The number of nitrogens with zero attached hydrogens (tertiary/aromatic N) is 1. The molecule has 2 nitrogen and oxygen atoms in total. The molecule has 0 amide bonds. The van der Waals surface area contributed by atoms with Crippen molar-refractivity contribution in [1.82, 2.24) is 4.98 Å². The third-order valence-corrected chi connectivity index (χ3v) is 5.18. The molecule has 104 valence electrons. The predicted molar refractivity (Wildman–Crippen MR) is 80.3 cm³/mol. The second kappa shape index (κ2) is 4.56. The van der Waals surface area contributed by atoms with Gasteiger partial charge < -0.3 is 5.11 Å². The van der Waals surface area contributed by atoms with Gasteiger partial charge in [-0.25, -0.2) is 0 Å². The molecule has 1 N–H and O–H groups in total. The lowest BCUT2D eigenvalue weighted by molar-refractivity contribution is -0.0252. The van der Waals surface area contributed by atoms with E-state index in [4.69, 9.17) is 0 Å². The molecule has 2 unspecified atom stereocenters. The molecule has 20 heavy (non-hydrogen) atoms. The maximum Gasteiger partial charge on any atom is 0.0914 e. The standard InChI is InChI=1S/C18H21NO/c20-18(9-3-5-15(11-18)13-7-8-13)16-10-14-4-1-2-6-17(14)19-12-16/h1-2,4,6,10,12-13,15,20H,3,5,7-9,11H2. The highest BCUT2D eigenvalue weighted by atomic mass is 16.3. The number of aromatic nitrogens is 1. The second-order valence-electron chi connectivity index (χ2n) is 6.64. The van der Waals surface area contributed by atoms with E-state index >= 15 is 0 Å². The molecule has 1 heterocycles. The van der Waals surface area contributed by atoms with Gasteiger partial charge in [-0.1, -0.05) is 18.2 Å². The molecule has 1 aromatic carbocycles. The molecule has 2 aliphatic carbocycles. The van der Waals surface area contributed by atoms with Crippen molar-refractivity contribution in [3.63, 3.8) is 0 Å². The smallest absolute Gasteiger partial charge is 0.0914 e. The van der Waals surface area contributed by atoms with E-state index in [1.165, 1.54) is 19.3 Å². The van der Waals surface area contributed by atoms with E-state index < -0.39 is 5.60 Å². The van der Waals surface area contributed by atoms with Crippen molar-refractivity contribution in [3.8, 4) is 0 Å². The molecule has 1 aromatic heterocycles. The van der Waals surface area contributed by atoms with Gasteiger partial charge in [0.1, 0.15) is 0 Å². The molecule has 2 saturated carbocycles. The Kier molecular flexibility index (Phi) is 2.81. The summed E-state index contributed by atoms with van der Waals surface area (Å²) in [5.41, 5.74) is 1.37. The highest BCUT2D eigenvalue weighted by Gasteiger charge is 2.42. The lowest BCUT2D eigenvalue weighted by Gasteiger charge is -2.37. The van der Waals surface area contributed by atoms with Crippen LogP contribution in [0.4, 0.5) is 0 Å². The van der Waals surface area contributed by atoms with Crippen LogP contribution < -0.4 is 0 Å². The molecule has 4 rings (SSSR count). The summed E-state index contributed by atoms with van der Waals surface area (Å²) in [7, 11) is 0. The molecule has 2 aromatic rings. The van der Waals surface area contributed by atoms with Gasteiger partial charge in [0.15, 0.2) is 0 Å². The SMILES string of the molecule is OC1(c2cnc3ccccc3c2)CCCC(C2CC2)C1. The zero-order chi connectivity index (χ0) is 13.6. The summed E-state index contributed by atoms with van der Waals surface area (Å²) in [4.78, 5) is 4.53. The Morgan fingerprint density at radius 3 is 2.80 bits per heavy atom. The van der Waals surface area contributed by atoms with Crippen LogP contribution in [0.1, 0.15) is 44.1 Å². The second-order valence-corrected chi connectivity index (χ2v) is 6.64. The number of para-hydroxylation sites is 1. The minimum Gasteiger partial charge on any atom is -0.385 e. The van der Waals surface area contributed by atoms with Crippen LogP contribution in [0.2, 0.25) is 0 Å². The van der Waals surface area contributed by atoms with Gasteiger partial charge in [0.05, 0.1) is 11.1 Å². The maximum atomic E-state index is 11.1. The number of aliphatic hydroxyl groups is 1. The van der Waals surface area contributed by atoms with Crippen LogP contribution in [0.3, 0.4) is 0 Å². The van der Waals surface area contributed by atoms with Gasteiger partial charge in [-0.2, -0.15) is 0 Å². The summed E-state index contributed by atoms with van der Waals surface area (Å²) in [6.45, 7) is 0. The first-order chi connectivity index (χ1) is 9.74. The fourth-order valence-corrected chi connectivity index (χ4v) is 3.85. The normalized spacial score (nSPS) is 30.6. The van der Waals surface area contributed by atoms with E-state index in [0.717, 1.165) is 47.6 Å². The zero-order valence-corrected chi connectivity index (χ0v) is 11.8. The molecule has 2 aliphatic rings. The van der Waals surface area contributed by atoms with Gasteiger partial charge in [-0.3, -0.25) is 4.98 Å². The molecular formula is C18H21NO. The van der Waals surface area contributed by atoms with Crippen LogP contribution in [0.15, 0.2) is 36.5 Å². The first-order valence-electron chi connectivity index (χ1n) is 7.82. The Bertz CT molecular complexity index is 634. The molecule has 2 heteroatoms. The first kappa shape index (κ1) is 12.3. The summed E-state index contributed by atoms with van der Waals surface area (Å²) in [5.74, 6) is 1.61. The van der Waals surface area contributed by atoms with Crippen LogP contribution in [-0.4, -0.2) is 10.1 Å². The van der Waals surface area contributed by atoms with E-state index in [-0.39, 0.29) is 0 Å². The van der Waals surface area contributed by atoms with Gasteiger partial charge in [0.2, 0.25) is 0 Å². The van der Waals surface area contributed by atoms with Gasteiger partial charge in [-0.15, -0.1) is 0 Å². The number of hydrogen-bond donors (Lipinski definition) is 1. The Labute approximate surface area is 119 Å². The first-order valence-corrected chi connectivity index (χ1v) is 7.82. The van der Waals surface area contributed by atoms with E-state index in [1.54, 1.807) is 0 Å². The number of benzene rings is 1.